The molecule has 0 radical (unpaired) electrons. The van der Waals surface area contributed by atoms with E-state index in [1.165, 1.54) is 0 Å². The van der Waals surface area contributed by atoms with Crippen LogP contribution in [0.3, 0.4) is 0 Å². The van der Waals surface area contributed by atoms with Gasteiger partial charge in [-0.25, -0.2) is 0 Å². The van der Waals surface area contributed by atoms with Crippen LogP contribution >= 0.6 is 0 Å². The van der Waals surface area contributed by atoms with Crippen molar-refractivity contribution in [3.05, 3.63) is 0 Å². The van der Waals surface area contributed by atoms with Crippen LogP contribution in [0.4, 0.5) is 0 Å². The number of hydrogen-bond acceptors (Lipinski definition) is 4. The van der Waals surface area contributed by atoms with E-state index in [1.54, 1.807) is 0 Å². The summed E-state index contributed by atoms with van der Waals surface area (Å²) in [6.07, 6.45) is 2.61. The lowest BCUT2D eigenvalue weighted by Crippen LogP contribution is -2.28. The van der Waals surface area contributed by atoms with Crippen LogP contribution in [0.1, 0.15) is 66.2 Å². The Bertz CT molecular complexity index is 365. The van der Waals surface area contributed by atoms with Crippen molar-refractivity contribution in [1.82, 2.24) is 0 Å². The van der Waals surface area contributed by atoms with E-state index in [-0.39, 0.29) is 46.8 Å². The molecule has 0 bridgehead atoms. The highest BCUT2D eigenvalue weighted by Crippen LogP contribution is 2.31. The number of hydrogen-bond donors (Lipinski definition) is 0. The van der Waals surface area contributed by atoms with Gasteiger partial charge in [0.1, 0.15) is 23.1 Å². The molecule has 2 aliphatic rings. The van der Waals surface area contributed by atoms with E-state index in [0.29, 0.717) is 25.7 Å². The highest BCUT2D eigenvalue weighted by molar-refractivity contribution is 6.02. The van der Waals surface area contributed by atoms with Crippen LogP contribution in [0.2, 0.25) is 0 Å². The Morgan fingerprint density at radius 3 is 0.900 bits per heavy atom. The third-order valence-corrected chi connectivity index (χ3v) is 3.49. The molecule has 2 aliphatic carbocycles. The van der Waals surface area contributed by atoms with Gasteiger partial charge in [-0.1, -0.05) is 27.7 Å². The summed E-state index contributed by atoms with van der Waals surface area (Å²) in [4.78, 5) is 43.5. The molecule has 4 heteroatoms. The lowest BCUT2D eigenvalue weighted by Gasteiger charge is -2.26. The number of Topliss-reactive ketones (excluding diaryl/α,β-unsaturated/α-hetero) is 4. The van der Waals surface area contributed by atoms with Gasteiger partial charge >= 0.3 is 0 Å². The predicted octanol–water partition coefficient (Wildman–Crippen LogP) is 2.67. The molecule has 0 aromatic rings. The Hall–Kier alpha value is -1.32. The summed E-state index contributed by atoms with van der Waals surface area (Å²) in [5.74, 6) is 0.394. The van der Waals surface area contributed by atoms with Crippen molar-refractivity contribution in [2.45, 2.75) is 66.2 Å². The van der Waals surface area contributed by atoms with Crippen LogP contribution in [0.25, 0.3) is 0 Å². The molecule has 0 aromatic carbocycles. The molecule has 20 heavy (non-hydrogen) atoms. The first-order valence-corrected chi connectivity index (χ1v) is 7.06. The van der Waals surface area contributed by atoms with Gasteiger partial charge in [-0.05, 0) is 10.8 Å². The monoisotopic (exact) mass is 280 g/mol. The molecular weight excluding hydrogens is 256 g/mol. The summed E-state index contributed by atoms with van der Waals surface area (Å²) in [7, 11) is 0. The molecule has 0 amide bonds. The summed E-state index contributed by atoms with van der Waals surface area (Å²) in [6.45, 7) is 7.84. The van der Waals surface area contributed by atoms with Gasteiger partial charge in [0.15, 0.2) is 0 Å². The number of ketones is 4. The second kappa shape index (κ2) is 5.98. The highest BCUT2D eigenvalue weighted by Gasteiger charge is 2.31. The molecule has 0 aliphatic heterocycles. The van der Waals surface area contributed by atoms with Gasteiger partial charge < -0.3 is 0 Å². The molecule has 0 N–H and O–H groups in total. The SMILES string of the molecule is CC1(C)CC(=O)CC(=O)C1.CC1(C)CC(=O)CC(=O)C1. The molecule has 0 spiro atoms. The number of carbonyl (C=O) groups excluding carboxylic acids is 4. The van der Waals surface area contributed by atoms with Crippen molar-refractivity contribution in [3.8, 4) is 0 Å². The lowest BCUT2D eigenvalue weighted by molar-refractivity contribution is -0.135. The Morgan fingerprint density at radius 1 is 0.550 bits per heavy atom. The smallest absolute Gasteiger partial charge is 0.140 e. The van der Waals surface area contributed by atoms with Crippen molar-refractivity contribution in [2.24, 2.45) is 10.8 Å². The topological polar surface area (TPSA) is 68.3 Å². The minimum atomic E-state index is -0.0770. The van der Waals surface area contributed by atoms with Gasteiger partial charge in [-0.2, -0.15) is 0 Å². The average Bonchev–Trinajstić information content (AvgIpc) is 2.08. The normalized spacial score (nSPS) is 25.0. The van der Waals surface area contributed by atoms with Gasteiger partial charge in [0.05, 0.1) is 12.8 Å². The largest absolute Gasteiger partial charge is 0.299 e. The van der Waals surface area contributed by atoms with Crippen LogP contribution in [0.15, 0.2) is 0 Å². The molecule has 2 saturated carbocycles. The van der Waals surface area contributed by atoms with E-state index in [4.69, 9.17) is 0 Å². The Balaban J connectivity index is 0.000000200. The van der Waals surface area contributed by atoms with E-state index >= 15 is 0 Å². The fraction of sp³-hybridized carbons (Fsp3) is 0.750. The summed E-state index contributed by atoms with van der Waals surface area (Å²) in [5.41, 5.74) is -0.154. The molecule has 0 atom stereocenters. The first-order valence-electron chi connectivity index (χ1n) is 7.06. The van der Waals surface area contributed by atoms with Crippen LogP contribution in [0.5, 0.6) is 0 Å². The van der Waals surface area contributed by atoms with Crippen LogP contribution in [-0.4, -0.2) is 23.1 Å². The Kier molecular flexibility index (Phi) is 5.00. The van der Waals surface area contributed by atoms with Crippen LogP contribution in [0, 0.1) is 10.8 Å². The van der Waals surface area contributed by atoms with Crippen molar-refractivity contribution >= 4 is 23.1 Å². The predicted molar refractivity (Wildman–Crippen MR) is 75.3 cm³/mol. The van der Waals surface area contributed by atoms with E-state index in [1.807, 2.05) is 27.7 Å². The van der Waals surface area contributed by atoms with E-state index < -0.39 is 0 Å². The molecule has 2 fully saturated rings. The molecule has 0 saturated heterocycles. The fourth-order valence-electron chi connectivity index (χ4n) is 2.95. The van der Waals surface area contributed by atoms with Gasteiger partial charge in [0, 0.05) is 25.7 Å². The zero-order valence-electron chi connectivity index (χ0n) is 12.9. The third-order valence-electron chi connectivity index (χ3n) is 3.49. The Morgan fingerprint density at radius 2 is 0.750 bits per heavy atom. The molecule has 2 rings (SSSR count). The quantitative estimate of drug-likeness (QED) is 0.640. The minimum absolute atomic E-state index is 0.0770. The maximum absolute atomic E-state index is 10.9. The zero-order valence-corrected chi connectivity index (χ0v) is 12.9. The van der Waals surface area contributed by atoms with Crippen molar-refractivity contribution < 1.29 is 19.2 Å². The van der Waals surface area contributed by atoms with Gasteiger partial charge in [-0.3, -0.25) is 19.2 Å². The summed E-state index contributed by atoms with van der Waals surface area (Å²) < 4.78 is 0. The molecule has 0 heterocycles. The van der Waals surface area contributed by atoms with E-state index in [9.17, 15) is 19.2 Å². The zero-order chi connectivity index (χ0) is 15.6. The molecular formula is C16H24O4. The molecule has 0 unspecified atom stereocenters. The Labute approximate surface area is 120 Å². The van der Waals surface area contributed by atoms with Crippen LogP contribution in [-0.2, 0) is 19.2 Å². The van der Waals surface area contributed by atoms with Crippen molar-refractivity contribution in [3.63, 3.8) is 0 Å². The van der Waals surface area contributed by atoms with Gasteiger partial charge in [-0.15, -0.1) is 0 Å². The van der Waals surface area contributed by atoms with Crippen molar-refractivity contribution in [2.75, 3.05) is 0 Å². The van der Waals surface area contributed by atoms with Gasteiger partial charge in [0.2, 0.25) is 0 Å². The fourth-order valence-corrected chi connectivity index (χ4v) is 2.95. The maximum Gasteiger partial charge on any atom is 0.140 e. The molecule has 0 aromatic heterocycles. The lowest BCUT2D eigenvalue weighted by atomic mass is 9.76. The molecule has 112 valence electrons. The second-order valence-electron chi connectivity index (χ2n) is 7.54. The summed E-state index contributed by atoms with van der Waals surface area (Å²) in [5, 5.41) is 0. The highest BCUT2D eigenvalue weighted by atomic mass is 16.2. The third kappa shape index (κ3) is 5.76. The minimum Gasteiger partial charge on any atom is -0.299 e. The average molecular weight is 280 g/mol. The van der Waals surface area contributed by atoms with Crippen LogP contribution < -0.4 is 0 Å². The first kappa shape index (κ1) is 16.7. The summed E-state index contributed by atoms with van der Waals surface area (Å²) in [6, 6.07) is 0. The van der Waals surface area contributed by atoms with E-state index in [2.05, 4.69) is 0 Å². The summed E-state index contributed by atoms with van der Waals surface area (Å²) >= 11 is 0. The van der Waals surface area contributed by atoms with Crippen molar-refractivity contribution in [1.29, 1.82) is 0 Å². The first-order chi connectivity index (χ1) is 8.99. The number of rotatable bonds is 0. The maximum atomic E-state index is 10.9. The van der Waals surface area contributed by atoms with E-state index in [0.717, 1.165) is 0 Å². The van der Waals surface area contributed by atoms with Gasteiger partial charge in [0.25, 0.3) is 0 Å². The number of carbonyl (C=O) groups is 4. The second-order valence-corrected chi connectivity index (χ2v) is 7.54. The molecule has 4 nitrogen and oxygen atoms in total. The standard InChI is InChI=1S/2C8H12O2/c2*1-8(2)4-6(9)3-7(10)5-8/h2*3-5H2,1-2H3.